The van der Waals surface area contributed by atoms with Gasteiger partial charge >= 0.3 is 5.97 Å². The van der Waals surface area contributed by atoms with Crippen LogP contribution in [0.25, 0.3) is 0 Å². The van der Waals surface area contributed by atoms with Gasteiger partial charge in [0.05, 0.1) is 17.0 Å². The maximum atomic E-state index is 12.0. The number of nitro groups is 1. The standard InChI is InChI=1S/C15H14N2O5.2ClH/c1-2-16-10-3-6-12(7-4-10)22-15(19)13-9-11(17(20)21)5-8-14(13)18;;/h3-9,16,18H,2H2,1H3;2*1H/p-2. The topological polar surface area (TPSA) is 109 Å². The van der Waals surface area contributed by atoms with Crippen molar-refractivity contribution in [2.24, 2.45) is 0 Å². The SMILES string of the molecule is CC[NH2+]c1ccc(OC(=O)c2cc([N+](=O)[O-])ccc2[O-])cc1.[Cl-].[Cl-]. The summed E-state index contributed by atoms with van der Waals surface area (Å²) in [6, 6.07) is 9.70. The second-order valence-corrected chi connectivity index (χ2v) is 4.51. The minimum absolute atomic E-state index is 0. The molecule has 0 fully saturated rings. The second-order valence-electron chi connectivity index (χ2n) is 4.51. The number of ether oxygens (including phenoxy) is 1. The van der Waals surface area contributed by atoms with Crippen LogP contribution in [0.4, 0.5) is 11.4 Å². The number of quaternary nitrogens is 1. The first-order valence-electron chi connectivity index (χ1n) is 6.62. The lowest BCUT2D eigenvalue weighted by atomic mass is 10.2. The van der Waals surface area contributed by atoms with Gasteiger partial charge in [-0.05, 0) is 19.1 Å². The number of carbonyl (C=O) groups excluding carboxylic acids is 1. The van der Waals surface area contributed by atoms with Crippen LogP contribution in [0.2, 0.25) is 0 Å². The monoisotopic (exact) mass is 372 g/mol. The molecule has 24 heavy (non-hydrogen) atoms. The Labute approximate surface area is 150 Å². The molecule has 0 aromatic heterocycles. The van der Waals surface area contributed by atoms with Gasteiger partial charge in [-0.2, -0.15) is 0 Å². The van der Waals surface area contributed by atoms with Crippen LogP contribution in [0.3, 0.4) is 0 Å². The summed E-state index contributed by atoms with van der Waals surface area (Å²) in [5.74, 6) is -1.27. The Morgan fingerprint density at radius 1 is 1.17 bits per heavy atom. The van der Waals surface area contributed by atoms with E-state index >= 15 is 0 Å². The minimum atomic E-state index is -0.916. The molecular weight excluding hydrogens is 359 g/mol. The number of nitro benzene ring substituents is 1. The zero-order chi connectivity index (χ0) is 16.1. The fraction of sp³-hybridized carbons (Fsp3) is 0.133. The molecule has 2 N–H and O–H groups in total. The molecule has 0 aliphatic carbocycles. The van der Waals surface area contributed by atoms with E-state index in [2.05, 4.69) is 0 Å². The van der Waals surface area contributed by atoms with E-state index < -0.39 is 16.6 Å². The van der Waals surface area contributed by atoms with E-state index in [9.17, 15) is 20.0 Å². The molecule has 0 spiro atoms. The molecule has 0 aliphatic rings. The van der Waals surface area contributed by atoms with Gasteiger partial charge in [0.15, 0.2) is 0 Å². The van der Waals surface area contributed by atoms with E-state index in [0.29, 0.717) is 0 Å². The van der Waals surface area contributed by atoms with Gasteiger partial charge in [0, 0.05) is 24.3 Å². The Morgan fingerprint density at radius 2 is 1.79 bits per heavy atom. The van der Waals surface area contributed by atoms with Crippen LogP contribution in [-0.2, 0) is 0 Å². The number of rotatable bonds is 5. The highest BCUT2D eigenvalue weighted by Gasteiger charge is 2.15. The maximum absolute atomic E-state index is 12.0. The summed E-state index contributed by atoms with van der Waals surface area (Å²) in [6.45, 7) is 2.89. The zero-order valence-electron chi connectivity index (χ0n) is 12.6. The fourth-order valence-electron chi connectivity index (χ4n) is 1.86. The molecule has 0 radical (unpaired) electrons. The lowest BCUT2D eigenvalue weighted by molar-refractivity contribution is -0.567. The highest BCUT2D eigenvalue weighted by atomic mass is 35.5. The predicted octanol–water partition coefficient (Wildman–Crippen LogP) is -4.89. The van der Waals surface area contributed by atoms with E-state index in [0.717, 1.165) is 30.4 Å². The molecule has 0 bridgehead atoms. The smallest absolute Gasteiger partial charge is 0.343 e. The predicted molar refractivity (Wildman–Crippen MR) is 76.1 cm³/mol. The van der Waals surface area contributed by atoms with Crippen LogP contribution in [-0.4, -0.2) is 17.4 Å². The Bertz CT molecular complexity index is 708. The summed E-state index contributed by atoms with van der Waals surface area (Å²) in [4.78, 5) is 22.0. The Kier molecular flexibility index (Phi) is 8.76. The van der Waals surface area contributed by atoms with Crippen molar-refractivity contribution in [3.63, 3.8) is 0 Å². The number of nitrogens with zero attached hydrogens (tertiary/aromatic N) is 1. The van der Waals surface area contributed by atoms with Crippen molar-refractivity contribution in [2.75, 3.05) is 6.54 Å². The molecule has 0 atom stereocenters. The molecule has 7 nitrogen and oxygen atoms in total. The number of non-ortho nitro benzene ring substituents is 1. The number of esters is 1. The molecule has 0 aliphatic heterocycles. The van der Waals surface area contributed by atoms with E-state index in [1.807, 2.05) is 12.2 Å². The lowest BCUT2D eigenvalue weighted by Gasteiger charge is -2.12. The van der Waals surface area contributed by atoms with E-state index in [1.54, 1.807) is 24.3 Å². The molecule has 2 aromatic rings. The van der Waals surface area contributed by atoms with E-state index in [-0.39, 0.29) is 41.8 Å². The number of hydrogen-bond donors (Lipinski definition) is 1. The lowest BCUT2D eigenvalue weighted by Crippen LogP contribution is -3.00. The van der Waals surface area contributed by atoms with Crippen LogP contribution in [0.5, 0.6) is 11.5 Å². The van der Waals surface area contributed by atoms with Crippen LogP contribution in [0.15, 0.2) is 42.5 Å². The number of halogens is 2. The molecule has 9 heteroatoms. The van der Waals surface area contributed by atoms with Crippen LogP contribution >= 0.6 is 0 Å². The molecule has 130 valence electrons. The van der Waals surface area contributed by atoms with Crippen molar-refractivity contribution >= 4 is 17.3 Å². The number of hydrogen-bond acceptors (Lipinski definition) is 5. The van der Waals surface area contributed by atoms with Gasteiger partial charge in [0.1, 0.15) is 11.4 Å². The first kappa shape index (κ1) is 21.6. The fourth-order valence-corrected chi connectivity index (χ4v) is 1.86. The molecular formula is C15H14Cl2N2O5-2. The van der Waals surface area contributed by atoms with Crippen molar-refractivity contribution in [2.45, 2.75) is 6.92 Å². The summed E-state index contributed by atoms with van der Waals surface area (Å²) < 4.78 is 5.07. The third kappa shape index (κ3) is 5.38. The van der Waals surface area contributed by atoms with Gasteiger partial charge < -0.3 is 40.0 Å². The highest BCUT2D eigenvalue weighted by molar-refractivity contribution is 5.94. The van der Waals surface area contributed by atoms with Crippen molar-refractivity contribution in [3.05, 3.63) is 58.1 Å². The Hall–Kier alpha value is -2.35. The average Bonchev–Trinajstić information content (AvgIpc) is 2.49. The van der Waals surface area contributed by atoms with Gasteiger partial charge in [0.2, 0.25) is 0 Å². The van der Waals surface area contributed by atoms with E-state index in [4.69, 9.17) is 4.74 Å². The first-order valence-corrected chi connectivity index (χ1v) is 6.62. The van der Waals surface area contributed by atoms with Crippen LogP contribution in [0, 0.1) is 10.1 Å². The van der Waals surface area contributed by atoms with Gasteiger partial charge in [-0.1, -0.05) is 11.8 Å². The Morgan fingerprint density at radius 3 is 2.33 bits per heavy atom. The first-order chi connectivity index (χ1) is 10.5. The summed E-state index contributed by atoms with van der Waals surface area (Å²) in [6.07, 6.45) is 0. The molecule has 2 aromatic carbocycles. The molecule has 2 rings (SSSR count). The molecule has 0 heterocycles. The summed E-state index contributed by atoms with van der Waals surface area (Å²) in [5.41, 5.74) is 0.292. The van der Waals surface area contributed by atoms with Crippen LogP contribution in [0.1, 0.15) is 17.3 Å². The van der Waals surface area contributed by atoms with Gasteiger partial charge in [0.25, 0.3) is 5.69 Å². The summed E-state index contributed by atoms with van der Waals surface area (Å²) in [7, 11) is 0. The molecule has 0 saturated carbocycles. The quantitative estimate of drug-likeness (QED) is 0.186. The average molecular weight is 373 g/mol. The third-order valence-corrected chi connectivity index (χ3v) is 2.92. The van der Waals surface area contributed by atoms with E-state index in [1.165, 1.54) is 0 Å². The third-order valence-electron chi connectivity index (χ3n) is 2.92. The summed E-state index contributed by atoms with van der Waals surface area (Å²) in [5, 5.41) is 24.3. The van der Waals surface area contributed by atoms with Crippen LogP contribution < -0.4 is 40.0 Å². The van der Waals surface area contributed by atoms with Gasteiger partial charge in [-0.25, -0.2) is 4.79 Å². The van der Waals surface area contributed by atoms with Crippen molar-refractivity contribution in [3.8, 4) is 11.5 Å². The van der Waals surface area contributed by atoms with Gasteiger partial charge in [-0.3, -0.25) is 10.1 Å². The summed E-state index contributed by atoms with van der Waals surface area (Å²) >= 11 is 0. The molecule has 0 unspecified atom stereocenters. The Balaban J connectivity index is 0.00000264. The highest BCUT2D eigenvalue weighted by Crippen LogP contribution is 2.23. The number of benzene rings is 2. The second kappa shape index (κ2) is 9.71. The number of carbonyl (C=O) groups is 1. The number of nitrogens with two attached hydrogens (primary N) is 1. The maximum Gasteiger partial charge on any atom is 0.343 e. The van der Waals surface area contributed by atoms with Crippen molar-refractivity contribution in [1.29, 1.82) is 0 Å². The largest absolute Gasteiger partial charge is 1.00 e. The zero-order valence-corrected chi connectivity index (χ0v) is 14.1. The molecule has 0 saturated heterocycles. The van der Waals surface area contributed by atoms with Crippen molar-refractivity contribution in [1.82, 2.24) is 0 Å². The van der Waals surface area contributed by atoms with Gasteiger partial charge in [-0.15, -0.1) is 0 Å². The molecule has 0 amide bonds. The minimum Gasteiger partial charge on any atom is -1.00 e. The van der Waals surface area contributed by atoms with Crippen molar-refractivity contribution < 1.29 is 49.7 Å². The normalized spacial score (nSPS) is 9.38.